The van der Waals surface area contributed by atoms with E-state index in [1.54, 1.807) is 24.3 Å². The molecule has 0 atom stereocenters. The predicted octanol–water partition coefficient (Wildman–Crippen LogP) is 2.97. The Morgan fingerprint density at radius 1 is 0.882 bits per heavy atom. The Balaban J connectivity index is 2.27. The molecule has 0 heterocycles. The van der Waals surface area contributed by atoms with Gasteiger partial charge in [-0.15, -0.1) is 0 Å². The van der Waals surface area contributed by atoms with E-state index in [-0.39, 0.29) is 5.75 Å². The molecule has 0 saturated carbocycles. The van der Waals surface area contributed by atoms with E-state index < -0.39 is 9.84 Å². The average molecular weight is 246 g/mol. The fourth-order valence-electron chi connectivity index (χ4n) is 1.61. The van der Waals surface area contributed by atoms with Crippen LogP contribution in [-0.4, -0.2) is 8.42 Å². The van der Waals surface area contributed by atoms with Crippen molar-refractivity contribution in [3.8, 4) is 0 Å². The van der Waals surface area contributed by atoms with Crippen LogP contribution in [0.1, 0.15) is 11.1 Å². The molecule has 0 spiro atoms. The summed E-state index contributed by atoms with van der Waals surface area (Å²) in [4.78, 5) is 0.376. The van der Waals surface area contributed by atoms with Crippen LogP contribution in [0.2, 0.25) is 0 Å². The topological polar surface area (TPSA) is 34.1 Å². The standard InChI is InChI=1S/C14H14O2S/c1-12-7-9-13(10-8-12)11-17(15,16)14-5-3-2-4-6-14/h2-10H,11H2,1H3. The third-order valence-electron chi connectivity index (χ3n) is 2.58. The van der Waals surface area contributed by atoms with E-state index in [0.717, 1.165) is 11.1 Å². The zero-order valence-electron chi connectivity index (χ0n) is 9.63. The first-order chi connectivity index (χ1) is 8.08. The van der Waals surface area contributed by atoms with Gasteiger partial charge >= 0.3 is 0 Å². The first kappa shape index (κ1) is 11.9. The van der Waals surface area contributed by atoms with Crippen LogP contribution in [0.5, 0.6) is 0 Å². The van der Waals surface area contributed by atoms with E-state index in [4.69, 9.17) is 0 Å². The van der Waals surface area contributed by atoms with Gasteiger partial charge in [0.25, 0.3) is 0 Å². The van der Waals surface area contributed by atoms with Gasteiger partial charge in [0.1, 0.15) is 0 Å². The van der Waals surface area contributed by atoms with Crippen LogP contribution in [-0.2, 0) is 15.6 Å². The van der Waals surface area contributed by atoms with Gasteiger partial charge in [-0.3, -0.25) is 0 Å². The summed E-state index contributed by atoms with van der Waals surface area (Å²) in [7, 11) is -3.23. The second kappa shape index (κ2) is 4.72. The largest absolute Gasteiger partial charge is 0.223 e. The molecule has 0 fully saturated rings. The monoisotopic (exact) mass is 246 g/mol. The summed E-state index contributed by atoms with van der Waals surface area (Å²) in [6.07, 6.45) is 0. The first-order valence-electron chi connectivity index (χ1n) is 5.41. The predicted molar refractivity (Wildman–Crippen MR) is 68.5 cm³/mol. The fraction of sp³-hybridized carbons (Fsp3) is 0.143. The molecule has 2 aromatic carbocycles. The Hall–Kier alpha value is -1.61. The summed E-state index contributed by atoms with van der Waals surface area (Å²) in [5, 5.41) is 0. The molecular weight excluding hydrogens is 232 g/mol. The van der Waals surface area contributed by atoms with Crippen molar-refractivity contribution in [2.45, 2.75) is 17.6 Å². The Kier molecular flexibility index (Phi) is 3.29. The van der Waals surface area contributed by atoms with Crippen LogP contribution in [0.25, 0.3) is 0 Å². The quantitative estimate of drug-likeness (QED) is 0.834. The Morgan fingerprint density at radius 2 is 1.47 bits per heavy atom. The summed E-state index contributed by atoms with van der Waals surface area (Å²) in [5.41, 5.74) is 1.95. The lowest BCUT2D eigenvalue weighted by atomic mass is 10.2. The van der Waals surface area contributed by atoms with E-state index in [1.807, 2.05) is 37.3 Å². The van der Waals surface area contributed by atoms with Gasteiger partial charge in [0, 0.05) is 0 Å². The van der Waals surface area contributed by atoms with Crippen molar-refractivity contribution in [3.05, 3.63) is 65.7 Å². The third kappa shape index (κ3) is 2.94. The Bertz CT molecular complexity index is 584. The van der Waals surface area contributed by atoms with E-state index >= 15 is 0 Å². The van der Waals surface area contributed by atoms with Crippen LogP contribution >= 0.6 is 0 Å². The normalized spacial score (nSPS) is 11.4. The smallest absolute Gasteiger partial charge is 0.182 e. The SMILES string of the molecule is Cc1ccc(CS(=O)(=O)c2ccccc2)cc1. The van der Waals surface area contributed by atoms with Crippen LogP contribution in [0.15, 0.2) is 59.5 Å². The lowest BCUT2D eigenvalue weighted by Gasteiger charge is -2.04. The maximum Gasteiger partial charge on any atom is 0.182 e. The minimum Gasteiger partial charge on any atom is -0.223 e. The van der Waals surface area contributed by atoms with Gasteiger partial charge in [-0.2, -0.15) is 0 Å². The van der Waals surface area contributed by atoms with Crippen molar-refractivity contribution in [2.24, 2.45) is 0 Å². The summed E-state index contributed by atoms with van der Waals surface area (Å²) in [6, 6.07) is 16.1. The highest BCUT2D eigenvalue weighted by Crippen LogP contribution is 2.16. The van der Waals surface area contributed by atoms with Crippen molar-refractivity contribution in [1.29, 1.82) is 0 Å². The molecule has 2 nitrogen and oxygen atoms in total. The molecule has 3 heteroatoms. The van der Waals surface area contributed by atoms with E-state index in [9.17, 15) is 8.42 Å². The van der Waals surface area contributed by atoms with Crippen LogP contribution in [0.3, 0.4) is 0 Å². The number of hydrogen-bond donors (Lipinski definition) is 0. The van der Waals surface area contributed by atoms with Crippen LogP contribution in [0, 0.1) is 6.92 Å². The third-order valence-corrected chi connectivity index (χ3v) is 4.28. The number of benzene rings is 2. The Labute approximate surface area is 102 Å². The number of aryl methyl sites for hydroxylation is 1. The molecule has 2 aromatic rings. The average Bonchev–Trinajstić information content (AvgIpc) is 2.33. The number of rotatable bonds is 3. The molecule has 0 bridgehead atoms. The fourth-order valence-corrected chi connectivity index (χ4v) is 2.98. The lowest BCUT2D eigenvalue weighted by molar-refractivity contribution is 0.595. The maximum absolute atomic E-state index is 12.1. The Morgan fingerprint density at radius 3 is 2.06 bits per heavy atom. The zero-order chi connectivity index (χ0) is 12.3. The van der Waals surface area contributed by atoms with Crippen LogP contribution < -0.4 is 0 Å². The van der Waals surface area contributed by atoms with Crippen molar-refractivity contribution in [2.75, 3.05) is 0 Å². The molecule has 0 amide bonds. The van der Waals surface area contributed by atoms with E-state index in [2.05, 4.69) is 0 Å². The molecule has 0 aliphatic heterocycles. The highest BCUT2D eigenvalue weighted by Gasteiger charge is 2.14. The molecule has 2 rings (SSSR count). The molecular formula is C14H14O2S. The molecule has 0 N–H and O–H groups in total. The molecule has 0 aliphatic carbocycles. The van der Waals surface area contributed by atoms with Gasteiger partial charge in [-0.1, -0.05) is 48.0 Å². The number of hydrogen-bond acceptors (Lipinski definition) is 2. The van der Waals surface area contributed by atoms with Gasteiger partial charge in [-0.25, -0.2) is 8.42 Å². The van der Waals surface area contributed by atoms with Crippen LogP contribution in [0.4, 0.5) is 0 Å². The molecule has 0 radical (unpaired) electrons. The van der Waals surface area contributed by atoms with E-state index in [0.29, 0.717) is 4.90 Å². The van der Waals surface area contributed by atoms with Gasteiger partial charge in [0.15, 0.2) is 9.84 Å². The molecule has 0 aliphatic rings. The molecule has 0 unspecified atom stereocenters. The van der Waals surface area contributed by atoms with Crippen molar-refractivity contribution >= 4 is 9.84 Å². The molecule has 88 valence electrons. The molecule has 0 aromatic heterocycles. The second-order valence-corrected chi connectivity index (χ2v) is 6.05. The maximum atomic E-state index is 12.1. The highest BCUT2D eigenvalue weighted by atomic mass is 32.2. The number of sulfone groups is 1. The summed E-state index contributed by atoms with van der Waals surface area (Å²) in [6.45, 7) is 1.98. The van der Waals surface area contributed by atoms with Gasteiger partial charge in [-0.05, 0) is 24.6 Å². The van der Waals surface area contributed by atoms with Crippen molar-refractivity contribution < 1.29 is 8.42 Å². The van der Waals surface area contributed by atoms with Gasteiger partial charge < -0.3 is 0 Å². The minimum atomic E-state index is -3.23. The zero-order valence-corrected chi connectivity index (χ0v) is 10.4. The summed E-state index contributed by atoms with van der Waals surface area (Å²) < 4.78 is 24.2. The van der Waals surface area contributed by atoms with Gasteiger partial charge in [0.2, 0.25) is 0 Å². The summed E-state index contributed by atoms with van der Waals surface area (Å²) in [5.74, 6) is 0.0529. The first-order valence-corrected chi connectivity index (χ1v) is 7.06. The highest BCUT2D eigenvalue weighted by molar-refractivity contribution is 7.90. The minimum absolute atomic E-state index is 0.0529. The molecule has 0 saturated heterocycles. The van der Waals surface area contributed by atoms with Crippen molar-refractivity contribution in [3.63, 3.8) is 0 Å². The summed E-state index contributed by atoms with van der Waals surface area (Å²) >= 11 is 0. The molecule has 17 heavy (non-hydrogen) atoms. The second-order valence-electron chi connectivity index (χ2n) is 4.06. The van der Waals surface area contributed by atoms with Gasteiger partial charge in [0.05, 0.1) is 10.6 Å². The van der Waals surface area contributed by atoms with Crippen molar-refractivity contribution in [1.82, 2.24) is 0 Å². The lowest BCUT2D eigenvalue weighted by Crippen LogP contribution is -2.04. The van der Waals surface area contributed by atoms with E-state index in [1.165, 1.54) is 0 Å².